The predicted molar refractivity (Wildman–Crippen MR) is 89.8 cm³/mol. The highest BCUT2D eigenvalue weighted by Gasteiger charge is 2.30. The summed E-state index contributed by atoms with van der Waals surface area (Å²) in [5.41, 5.74) is 4.23. The van der Waals surface area contributed by atoms with E-state index in [1.54, 1.807) is 0 Å². The third-order valence-electron chi connectivity index (χ3n) is 4.69. The highest BCUT2D eigenvalue weighted by molar-refractivity contribution is 5.75. The summed E-state index contributed by atoms with van der Waals surface area (Å²) >= 11 is 0. The summed E-state index contributed by atoms with van der Waals surface area (Å²) in [5.74, 6) is 0.988. The number of nitrogens with one attached hydrogen (secondary N) is 1. The first kappa shape index (κ1) is 14.8. The molecule has 1 aliphatic carbocycles. The molecule has 2 nitrogen and oxygen atoms in total. The van der Waals surface area contributed by atoms with Crippen molar-refractivity contribution in [1.82, 2.24) is 5.32 Å². The van der Waals surface area contributed by atoms with Crippen molar-refractivity contribution in [2.75, 3.05) is 6.54 Å². The van der Waals surface area contributed by atoms with Crippen molar-refractivity contribution >= 4 is 5.91 Å². The van der Waals surface area contributed by atoms with Crippen molar-refractivity contribution < 1.29 is 4.79 Å². The molecule has 1 amide bonds. The number of rotatable bonds is 4. The highest BCUT2D eigenvalue weighted by atomic mass is 16.1. The number of hydrogen-bond acceptors (Lipinski definition) is 1. The lowest BCUT2D eigenvalue weighted by Gasteiger charge is -2.34. The second kappa shape index (κ2) is 6.78. The van der Waals surface area contributed by atoms with Gasteiger partial charge in [-0.2, -0.15) is 0 Å². The van der Waals surface area contributed by atoms with E-state index < -0.39 is 0 Å². The van der Waals surface area contributed by atoms with Gasteiger partial charge < -0.3 is 5.32 Å². The molecule has 2 aromatic carbocycles. The number of carbonyl (C=O) groups is 1. The maximum absolute atomic E-state index is 11.6. The van der Waals surface area contributed by atoms with E-state index in [2.05, 4.69) is 59.9 Å². The van der Waals surface area contributed by atoms with Gasteiger partial charge in [0.2, 0.25) is 5.91 Å². The topological polar surface area (TPSA) is 29.1 Å². The smallest absolute Gasteiger partial charge is 0.219 e. The summed E-state index contributed by atoms with van der Waals surface area (Å²) in [6, 6.07) is 19.4. The molecule has 0 saturated carbocycles. The lowest BCUT2D eigenvalue weighted by molar-refractivity contribution is -0.121. The van der Waals surface area contributed by atoms with Gasteiger partial charge in [-0.1, -0.05) is 61.5 Å². The minimum atomic E-state index is 0.144. The lowest BCUT2D eigenvalue weighted by atomic mass is 9.72. The molecule has 0 bridgehead atoms. The Balaban J connectivity index is 1.91. The first-order valence-electron chi connectivity index (χ1n) is 8.19. The normalized spacial score (nSPS) is 20.2. The molecular weight excluding hydrogens is 270 g/mol. The molecule has 2 aromatic rings. The molecule has 2 atom stereocenters. The molecule has 1 aliphatic rings. The maximum atomic E-state index is 11.6. The number of hydrogen-bond donors (Lipinski definition) is 1. The molecule has 3 rings (SSSR count). The Kier molecular flexibility index (Phi) is 4.57. The zero-order chi connectivity index (χ0) is 15.4. The third-order valence-corrected chi connectivity index (χ3v) is 4.69. The third kappa shape index (κ3) is 3.06. The Morgan fingerprint density at radius 2 is 1.82 bits per heavy atom. The van der Waals surface area contributed by atoms with Gasteiger partial charge in [0.1, 0.15) is 0 Å². The molecule has 0 heterocycles. The van der Waals surface area contributed by atoms with Gasteiger partial charge in [0.15, 0.2) is 0 Å². The zero-order valence-electron chi connectivity index (χ0n) is 13.1. The van der Waals surface area contributed by atoms with Crippen LogP contribution >= 0.6 is 0 Å². The number of fused-ring (bicyclic) bond motifs is 1. The van der Waals surface area contributed by atoms with Crippen LogP contribution in [0.25, 0.3) is 0 Å². The fraction of sp³-hybridized carbons (Fsp3) is 0.350. The van der Waals surface area contributed by atoms with Gasteiger partial charge in [-0.25, -0.2) is 0 Å². The Labute approximate surface area is 132 Å². The van der Waals surface area contributed by atoms with Gasteiger partial charge in [-0.05, 0) is 35.4 Å². The van der Waals surface area contributed by atoms with Crippen molar-refractivity contribution in [1.29, 1.82) is 0 Å². The fourth-order valence-corrected chi connectivity index (χ4v) is 3.53. The molecule has 0 unspecified atom stereocenters. The Morgan fingerprint density at radius 3 is 2.59 bits per heavy atom. The van der Waals surface area contributed by atoms with E-state index in [1.807, 2.05) is 6.92 Å². The van der Waals surface area contributed by atoms with Crippen molar-refractivity contribution in [2.45, 2.75) is 32.1 Å². The van der Waals surface area contributed by atoms with Gasteiger partial charge in [0, 0.05) is 18.9 Å². The summed E-state index contributed by atoms with van der Waals surface area (Å²) in [4.78, 5) is 11.6. The molecule has 22 heavy (non-hydrogen) atoms. The van der Waals surface area contributed by atoms with Crippen LogP contribution in [0.5, 0.6) is 0 Å². The van der Waals surface area contributed by atoms with Crippen LogP contribution in [0.2, 0.25) is 0 Å². The maximum Gasteiger partial charge on any atom is 0.219 e. The van der Waals surface area contributed by atoms with Gasteiger partial charge in [0.05, 0.1) is 0 Å². The Morgan fingerprint density at radius 1 is 1.09 bits per heavy atom. The zero-order valence-corrected chi connectivity index (χ0v) is 13.1. The molecule has 2 heteroatoms. The van der Waals surface area contributed by atoms with E-state index in [1.165, 1.54) is 16.7 Å². The molecule has 0 radical (unpaired) electrons. The molecule has 0 aromatic heterocycles. The summed E-state index contributed by atoms with van der Waals surface area (Å²) in [6.45, 7) is 2.67. The molecule has 0 fully saturated rings. The molecule has 0 saturated heterocycles. The van der Waals surface area contributed by atoms with E-state index in [0.29, 0.717) is 18.3 Å². The minimum Gasteiger partial charge on any atom is -0.356 e. The Bertz CT molecular complexity index is 635. The van der Waals surface area contributed by atoms with E-state index >= 15 is 0 Å². The Hall–Kier alpha value is -2.09. The van der Waals surface area contributed by atoms with Crippen LogP contribution in [0.15, 0.2) is 54.6 Å². The van der Waals surface area contributed by atoms with E-state index in [0.717, 1.165) is 19.4 Å². The van der Waals surface area contributed by atoms with E-state index in [9.17, 15) is 4.79 Å². The van der Waals surface area contributed by atoms with Crippen LogP contribution in [0.4, 0.5) is 0 Å². The second-order valence-electron chi connectivity index (χ2n) is 6.04. The van der Waals surface area contributed by atoms with Crippen LogP contribution in [0.1, 0.15) is 42.4 Å². The van der Waals surface area contributed by atoms with Crippen LogP contribution in [0.3, 0.4) is 0 Å². The minimum absolute atomic E-state index is 0.144. The summed E-state index contributed by atoms with van der Waals surface area (Å²) in [6.07, 6.45) is 2.78. The van der Waals surface area contributed by atoms with Crippen LogP contribution in [0, 0.1) is 5.92 Å². The first-order valence-corrected chi connectivity index (χ1v) is 8.19. The van der Waals surface area contributed by atoms with Crippen molar-refractivity contribution in [3.8, 4) is 0 Å². The molecule has 1 N–H and O–H groups in total. The van der Waals surface area contributed by atoms with Crippen LogP contribution in [-0.2, 0) is 11.2 Å². The molecular formula is C20H23NO. The van der Waals surface area contributed by atoms with Gasteiger partial charge in [-0.3, -0.25) is 4.79 Å². The average molecular weight is 293 g/mol. The number of aryl methyl sites for hydroxylation is 1. The molecule has 0 spiro atoms. The van der Waals surface area contributed by atoms with E-state index in [4.69, 9.17) is 0 Å². The fourth-order valence-electron chi connectivity index (χ4n) is 3.53. The largest absolute Gasteiger partial charge is 0.356 e. The average Bonchev–Trinajstić information content (AvgIpc) is 2.59. The van der Waals surface area contributed by atoms with Gasteiger partial charge in [0.25, 0.3) is 0 Å². The quantitative estimate of drug-likeness (QED) is 0.910. The summed E-state index contributed by atoms with van der Waals surface area (Å²) < 4.78 is 0. The van der Waals surface area contributed by atoms with Crippen LogP contribution < -0.4 is 5.32 Å². The summed E-state index contributed by atoms with van der Waals surface area (Å²) in [7, 11) is 0. The standard InChI is InChI=1S/C20H23NO/c1-2-19(22)21-14-17-13-12-15-8-6-7-11-18(15)20(17)16-9-4-3-5-10-16/h3-11,17,20H,2,12-14H2,1H3,(H,21,22)/t17-,20-/m0/s1. The van der Waals surface area contributed by atoms with Crippen molar-refractivity contribution in [2.24, 2.45) is 5.92 Å². The number of benzene rings is 2. The SMILES string of the molecule is CCC(=O)NC[C@@H]1CCc2ccccc2[C@H]1c1ccccc1. The van der Waals surface area contributed by atoms with E-state index in [-0.39, 0.29) is 5.91 Å². The predicted octanol–water partition coefficient (Wildman–Crippen LogP) is 3.91. The number of amides is 1. The lowest BCUT2D eigenvalue weighted by Crippen LogP contribution is -2.34. The van der Waals surface area contributed by atoms with Gasteiger partial charge >= 0.3 is 0 Å². The second-order valence-corrected chi connectivity index (χ2v) is 6.04. The van der Waals surface area contributed by atoms with Gasteiger partial charge in [-0.15, -0.1) is 0 Å². The number of carbonyl (C=O) groups excluding carboxylic acids is 1. The van der Waals surface area contributed by atoms with Crippen LogP contribution in [-0.4, -0.2) is 12.5 Å². The monoisotopic (exact) mass is 293 g/mol. The van der Waals surface area contributed by atoms with Crippen molar-refractivity contribution in [3.63, 3.8) is 0 Å². The summed E-state index contributed by atoms with van der Waals surface area (Å²) in [5, 5.41) is 3.09. The first-order chi connectivity index (χ1) is 10.8. The highest BCUT2D eigenvalue weighted by Crippen LogP contribution is 2.40. The molecule has 0 aliphatic heterocycles. The van der Waals surface area contributed by atoms with Crippen molar-refractivity contribution in [3.05, 3.63) is 71.3 Å². The molecule has 114 valence electrons.